The maximum absolute atomic E-state index is 6.28. The molecule has 2 nitrogen and oxygen atoms in total. The molecular formula is C22H14Cl4N2. The minimum Gasteiger partial charge on any atom is -0.232 e. The molecule has 0 fully saturated rings. The number of halogens is 4. The van der Waals surface area contributed by atoms with Crippen molar-refractivity contribution < 1.29 is 0 Å². The number of aromatic nitrogens is 2. The van der Waals surface area contributed by atoms with Crippen molar-refractivity contribution in [1.82, 2.24) is 9.78 Å². The summed E-state index contributed by atoms with van der Waals surface area (Å²) >= 11 is 24.7. The van der Waals surface area contributed by atoms with E-state index in [0.29, 0.717) is 20.1 Å². The fraction of sp³-hybridized carbons (Fsp3) is 0.0455. The summed E-state index contributed by atoms with van der Waals surface area (Å²) in [6.45, 7) is 2.03. The second kappa shape index (κ2) is 7.81. The quantitative estimate of drug-likeness (QED) is 0.310. The summed E-state index contributed by atoms with van der Waals surface area (Å²) in [6, 6.07) is 21.0. The van der Waals surface area contributed by atoms with Crippen LogP contribution in [0.1, 0.15) is 5.56 Å². The van der Waals surface area contributed by atoms with Gasteiger partial charge < -0.3 is 0 Å². The molecule has 1 heterocycles. The van der Waals surface area contributed by atoms with Crippen LogP contribution < -0.4 is 0 Å². The van der Waals surface area contributed by atoms with Gasteiger partial charge in [-0.3, -0.25) is 0 Å². The molecule has 4 rings (SSSR count). The Balaban J connectivity index is 1.99. The Morgan fingerprint density at radius 1 is 0.679 bits per heavy atom. The van der Waals surface area contributed by atoms with Gasteiger partial charge in [-0.1, -0.05) is 76.7 Å². The Morgan fingerprint density at radius 3 is 1.86 bits per heavy atom. The highest BCUT2D eigenvalue weighted by Gasteiger charge is 2.19. The third-order valence-electron chi connectivity index (χ3n) is 4.51. The Kier molecular flexibility index (Phi) is 5.39. The number of rotatable bonds is 3. The number of hydrogen-bond acceptors (Lipinski definition) is 1. The lowest BCUT2D eigenvalue weighted by atomic mass is 10.0. The fourth-order valence-electron chi connectivity index (χ4n) is 3.15. The van der Waals surface area contributed by atoms with Crippen molar-refractivity contribution in [3.8, 4) is 28.2 Å². The van der Waals surface area contributed by atoms with Crippen LogP contribution in [0.4, 0.5) is 0 Å². The summed E-state index contributed by atoms with van der Waals surface area (Å²) in [5.74, 6) is 0. The maximum atomic E-state index is 6.28. The second-order valence-corrected chi connectivity index (χ2v) is 7.96. The SMILES string of the molecule is Cc1c(-c2ccc(Cl)c(Cl)c2)nn(-c2ccccc2)c1-c1ccc(Cl)c(Cl)c1. The summed E-state index contributed by atoms with van der Waals surface area (Å²) in [4.78, 5) is 0. The standard InChI is InChI=1S/C22H14Cl4N2/c1-13-21(14-7-9-17(23)19(25)11-14)27-28(16-5-3-2-4-6-16)22(13)15-8-10-18(24)20(26)12-15/h2-12H,1H3. The second-order valence-electron chi connectivity index (χ2n) is 6.33. The van der Waals surface area contributed by atoms with Crippen LogP contribution >= 0.6 is 46.4 Å². The van der Waals surface area contributed by atoms with E-state index >= 15 is 0 Å². The van der Waals surface area contributed by atoms with E-state index in [2.05, 4.69) is 0 Å². The van der Waals surface area contributed by atoms with Crippen molar-refractivity contribution in [1.29, 1.82) is 0 Å². The van der Waals surface area contributed by atoms with E-state index < -0.39 is 0 Å². The van der Waals surface area contributed by atoms with Crippen molar-refractivity contribution in [3.63, 3.8) is 0 Å². The van der Waals surface area contributed by atoms with Gasteiger partial charge in [0.25, 0.3) is 0 Å². The first-order chi connectivity index (χ1) is 13.5. The highest BCUT2D eigenvalue weighted by atomic mass is 35.5. The average molecular weight is 448 g/mol. The van der Waals surface area contributed by atoms with Crippen LogP contribution in [0.5, 0.6) is 0 Å². The van der Waals surface area contributed by atoms with Crippen LogP contribution in [-0.2, 0) is 0 Å². The Labute approximate surface area is 183 Å². The molecule has 6 heteroatoms. The van der Waals surface area contributed by atoms with Crippen LogP contribution in [0, 0.1) is 6.92 Å². The van der Waals surface area contributed by atoms with E-state index in [0.717, 1.165) is 33.8 Å². The molecule has 0 amide bonds. The zero-order valence-corrected chi connectivity index (χ0v) is 17.8. The molecule has 0 unspecified atom stereocenters. The van der Waals surface area contributed by atoms with Gasteiger partial charge in [0.2, 0.25) is 0 Å². The monoisotopic (exact) mass is 446 g/mol. The van der Waals surface area contributed by atoms with Gasteiger partial charge in [-0.05, 0) is 43.3 Å². The summed E-state index contributed by atoms with van der Waals surface area (Å²) in [5.41, 5.74) is 5.52. The third-order valence-corrected chi connectivity index (χ3v) is 5.99. The minimum atomic E-state index is 0.490. The van der Waals surface area contributed by atoms with E-state index in [4.69, 9.17) is 51.5 Å². The molecule has 0 atom stereocenters. The molecule has 1 aromatic heterocycles. The normalized spacial score (nSPS) is 11.0. The van der Waals surface area contributed by atoms with Crippen LogP contribution in [0.2, 0.25) is 20.1 Å². The topological polar surface area (TPSA) is 17.8 Å². The third kappa shape index (κ3) is 3.54. The first-order valence-electron chi connectivity index (χ1n) is 8.51. The maximum Gasteiger partial charge on any atom is 0.0963 e. The van der Waals surface area contributed by atoms with Gasteiger partial charge >= 0.3 is 0 Å². The molecule has 0 bridgehead atoms. The first kappa shape index (κ1) is 19.4. The van der Waals surface area contributed by atoms with Gasteiger partial charge in [0.1, 0.15) is 0 Å². The molecule has 0 saturated heterocycles. The number of nitrogens with zero attached hydrogens (tertiary/aromatic N) is 2. The van der Waals surface area contributed by atoms with E-state index in [1.807, 2.05) is 66.2 Å². The highest BCUT2D eigenvalue weighted by molar-refractivity contribution is 6.42. The summed E-state index contributed by atoms with van der Waals surface area (Å²) in [5, 5.41) is 6.90. The zero-order chi connectivity index (χ0) is 19.8. The minimum absolute atomic E-state index is 0.490. The van der Waals surface area contributed by atoms with Crippen LogP contribution in [-0.4, -0.2) is 9.78 Å². The van der Waals surface area contributed by atoms with Crippen LogP contribution in [0.25, 0.3) is 28.2 Å². The zero-order valence-electron chi connectivity index (χ0n) is 14.8. The lowest BCUT2D eigenvalue weighted by molar-refractivity contribution is 0.891. The van der Waals surface area contributed by atoms with Crippen molar-refractivity contribution >= 4 is 46.4 Å². The molecule has 3 aromatic carbocycles. The number of para-hydroxylation sites is 1. The molecule has 0 spiro atoms. The highest BCUT2D eigenvalue weighted by Crippen LogP contribution is 2.37. The predicted octanol–water partition coefficient (Wildman–Crippen LogP) is 8.13. The summed E-state index contributed by atoms with van der Waals surface area (Å²) < 4.78 is 1.91. The van der Waals surface area contributed by atoms with Crippen molar-refractivity contribution in [2.24, 2.45) is 0 Å². The van der Waals surface area contributed by atoms with Gasteiger partial charge in [0.15, 0.2) is 0 Å². The van der Waals surface area contributed by atoms with Gasteiger partial charge in [-0.2, -0.15) is 5.10 Å². The molecule has 0 N–H and O–H groups in total. The number of hydrogen-bond donors (Lipinski definition) is 0. The largest absolute Gasteiger partial charge is 0.232 e. The molecule has 0 aliphatic carbocycles. The van der Waals surface area contributed by atoms with E-state index in [1.54, 1.807) is 12.1 Å². The smallest absolute Gasteiger partial charge is 0.0963 e. The molecule has 0 aliphatic rings. The van der Waals surface area contributed by atoms with Crippen molar-refractivity contribution in [2.45, 2.75) is 6.92 Å². The lowest BCUT2D eigenvalue weighted by Gasteiger charge is -2.09. The number of benzene rings is 3. The van der Waals surface area contributed by atoms with Crippen molar-refractivity contribution in [3.05, 3.63) is 92.4 Å². The van der Waals surface area contributed by atoms with Crippen LogP contribution in [0.15, 0.2) is 66.7 Å². The Morgan fingerprint density at radius 2 is 1.25 bits per heavy atom. The van der Waals surface area contributed by atoms with Gasteiger partial charge in [0, 0.05) is 16.7 Å². The molecule has 4 aromatic rings. The molecule has 140 valence electrons. The Hall–Kier alpha value is -1.97. The Bertz CT molecular complexity index is 1170. The first-order valence-corrected chi connectivity index (χ1v) is 10.0. The molecule has 0 aliphatic heterocycles. The molecular weight excluding hydrogens is 434 g/mol. The van der Waals surface area contributed by atoms with Crippen molar-refractivity contribution in [2.75, 3.05) is 0 Å². The lowest BCUT2D eigenvalue weighted by Crippen LogP contribution is -1.99. The van der Waals surface area contributed by atoms with Gasteiger partial charge in [-0.25, -0.2) is 4.68 Å². The van der Waals surface area contributed by atoms with Crippen LogP contribution in [0.3, 0.4) is 0 Å². The van der Waals surface area contributed by atoms with E-state index in [9.17, 15) is 0 Å². The van der Waals surface area contributed by atoms with E-state index in [-0.39, 0.29) is 0 Å². The van der Waals surface area contributed by atoms with Gasteiger partial charge in [-0.15, -0.1) is 0 Å². The fourth-order valence-corrected chi connectivity index (χ4v) is 3.75. The average Bonchev–Trinajstić information content (AvgIpc) is 3.04. The van der Waals surface area contributed by atoms with E-state index in [1.165, 1.54) is 0 Å². The van der Waals surface area contributed by atoms with Gasteiger partial charge in [0.05, 0.1) is 37.2 Å². The predicted molar refractivity (Wildman–Crippen MR) is 119 cm³/mol. The molecule has 0 radical (unpaired) electrons. The molecule has 0 saturated carbocycles. The summed E-state index contributed by atoms with van der Waals surface area (Å²) in [7, 11) is 0. The summed E-state index contributed by atoms with van der Waals surface area (Å²) in [6.07, 6.45) is 0. The molecule has 28 heavy (non-hydrogen) atoms.